The van der Waals surface area contributed by atoms with Crippen LogP contribution in [0.5, 0.6) is 0 Å². The van der Waals surface area contributed by atoms with Crippen molar-refractivity contribution in [3.63, 3.8) is 0 Å². The molecule has 2 rings (SSSR count). The lowest BCUT2D eigenvalue weighted by Gasteiger charge is -2.33. The Hall–Kier alpha value is -0.120. The van der Waals surface area contributed by atoms with Gasteiger partial charge in [0.15, 0.2) is 0 Å². The van der Waals surface area contributed by atoms with Crippen LogP contribution in [0, 0.1) is 11.8 Å². The Morgan fingerprint density at radius 3 is 2.47 bits per heavy atom. The van der Waals surface area contributed by atoms with Gasteiger partial charge in [0.1, 0.15) is 0 Å². The van der Waals surface area contributed by atoms with Crippen LogP contribution in [0.25, 0.3) is 0 Å². The van der Waals surface area contributed by atoms with Crippen molar-refractivity contribution in [2.45, 2.75) is 51.0 Å². The van der Waals surface area contributed by atoms with E-state index in [1.54, 1.807) is 0 Å². The zero-order chi connectivity index (χ0) is 12.1. The summed E-state index contributed by atoms with van der Waals surface area (Å²) in [5, 5.41) is 19.3. The molecule has 0 spiro atoms. The van der Waals surface area contributed by atoms with Gasteiger partial charge in [-0.1, -0.05) is 25.7 Å². The molecule has 0 bridgehead atoms. The number of β-amino-alcohol motifs (C(OH)–C–C–N with tert-alkyl or cyclic N) is 1. The standard InChI is InChI=1S/C14H27NO2/c16-11-13-6-3-7-15(9-13)10-14(17)8-12-4-1-2-5-12/h12-14,16-17H,1-11H2. The number of piperidine rings is 1. The second-order valence-corrected chi connectivity index (χ2v) is 5.99. The zero-order valence-corrected chi connectivity index (χ0v) is 10.9. The molecule has 17 heavy (non-hydrogen) atoms. The lowest BCUT2D eigenvalue weighted by atomic mass is 9.96. The quantitative estimate of drug-likeness (QED) is 0.769. The van der Waals surface area contributed by atoms with Crippen molar-refractivity contribution < 1.29 is 10.2 Å². The SMILES string of the molecule is OCC1CCCN(CC(O)CC2CCCC2)C1. The van der Waals surface area contributed by atoms with Gasteiger partial charge in [-0.3, -0.25) is 0 Å². The third-order valence-electron chi connectivity index (χ3n) is 4.41. The number of hydrogen-bond donors (Lipinski definition) is 2. The van der Waals surface area contributed by atoms with E-state index in [0.29, 0.717) is 12.5 Å². The van der Waals surface area contributed by atoms with Gasteiger partial charge in [-0.15, -0.1) is 0 Å². The van der Waals surface area contributed by atoms with Crippen LogP contribution < -0.4 is 0 Å². The van der Waals surface area contributed by atoms with Crippen LogP contribution in [-0.4, -0.2) is 47.5 Å². The van der Waals surface area contributed by atoms with E-state index in [9.17, 15) is 10.2 Å². The minimum Gasteiger partial charge on any atom is -0.396 e. The highest BCUT2D eigenvalue weighted by molar-refractivity contribution is 4.77. The van der Waals surface area contributed by atoms with E-state index in [0.717, 1.165) is 38.4 Å². The lowest BCUT2D eigenvalue weighted by Crippen LogP contribution is -2.41. The van der Waals surface area contributed by atoms with Crippen molar-refractivity contribution >= 4 is 0 Å². The molecule has 0 aromatic heterocycles. The van der Waals surface area contributed by atoms with Crippen LogP contribution in [0.15, 0.2) is 0 Å². The summed E-state index contributed by atoms with van der Waals surface area (Å²) in [6, 6.07) is 0. The van der Waals surface area contributed by atoms with Crippen LogP contribution in [0.4, 0.5) is 0 Å². The second kappa shape index (κ2) is 6.72. The van der Waals surface area contributed by atoms with Crippen molar-refractivity contribution in [2.24, 2.45) is 11.8 Å². The van der Waals surface area contributed by atoms with Crippen LogP contribution in [-0.2, 0) is 0 Å². The van der Waals surface area contributed by atoms with Gasteiger partial charge in [0, 0.05) is 19.7 Å². The molecule has 2 aliphatic rings. The van der Waals surface area contributed by atoms with Crippen LogP contribution in [0.1, 0.15) is 44.9 Å². The summed E-state index contributed by atoms with van der Waals surface area (Å²) >= 11 is 0. The van der Waals surface area contributed by atoms with Gasteiger partial charge < -0.3 is 15.1 Å². The van der Waals surface area contributed by atoms with Crippen molar-refractivity contribution in [1.29, 1.82) is 0 Å². The Morgan fingerprint density at radius 1 is 1.06 bits per heavy atom. The van der Waals surface area contributed by atoms with Crippen molar-refractivity contribution in [3.8, 4) is 0 Å². The average Bonchev–Trinajstić information content (AvgIpc) is 2.82. The Morgan fingerprint density at radius 2 is 1.76 bits per heavy atom. The fraction of sp³-hybridized carbons (Fsp3) is 1.00. The first-order valence-electron chi connectivity index (χ1n) is 7.29. The summed E-state index contributed by atoms with van der Waals surface area (Å²) in [4.78, 5) is 2.34. The summed E-state index contributed by atoms with van der Waals surface area (Å²) in [7, 11) is 0. The normalized spacial score (nSPS) is 29.6. The molecule has 3 nitrogen and oxygen atoms in total. The molecule has 3 heteroatoms. The van der Waals surface area contributed by atoms with Gasteiger partial charge in [-0.25, -0.2) is 0 Å². The fourth-order valence-electron chi connectivity index (χ4n) is 3.47. The number of likely N-dealkylation sites (tertiary alicyclic amines) is 1. The van der Waals surface area contributed by atoms with Gasteiger partial charge in [0.05, 0.1) is 6.10 Å². The van der Waals surface area contributed by atoms with E-state index < -0.39 is 0 Å². The number of nitrogens with zero attached hydrogens (tertiary/aromatic N) is 1. The first-order chi connectivity index (χ1) is 8.28. The van der Waals surface area contributed by atoms with E-state index >= 15 is 0 Å². The van der Waals surface area contributed by atoms with E-state index in [1.807, 2.05) is 0 Å². The first-order valence-corrected chi connectivity index (χ1v) is 7.29. The predicted molar refractivity (Wildman–Crippen MR) is 68.8 cm³/mol. The summed E-state index contributed by atoms with van der Waals surface area (Å²) < 4.78 is 0. The Bertz CT molecular complexity index is 216. The molecular weight excluding hydrogens is 214 g/mol. The highest BCUT2D eigenvalue weighted by Crippen LogP contribution is 2.29. The third kappa shape index (κ3) is 4.23. The highest BCUT2D eigenvalue weighted by atomic mass is 16.3. The van der Waals surface area contributed by atoms with E-state index in [1.165, 1.54) is 32.1 Å². The van der Waals surface area contributed by atoms with Gasteiger partial charge in [-0.2, -0.15) is 0 Å². The molecule has 1 aliphatic heterocycles. The summed E-state index contributed by atoms with van der Waals surface area (Å²) in [5.41, 5.74) is 0. The maximum Gasteiger partial charge on any atom is 0.0669 e. The van der Waals surface area contributed by atoms with Crippen LogP contribution >= 0.6 is 0 Å². The van der Waals surface area contributed by atoms with Gasteiger partial charge >= 0.3 is 0 Å². The predicted octanol–water partition coefficient (Wildman–Crippen LogP) is 1.63. The van der Waals surface area contributed by atoms with Crippen molar-refractivity contribution in [3.05, 3.63) is 0 Å². The van der Waals surface area contributed by atoms with E-state index in [4.69, 9.17) is 0 Å². The average molecular weight is 241 g/mol. The molecule has 1 saturated heterocycles. The molecule has 0 radical (unpaired) electrons. The maximum absolute atomic E-state index is 10.1. The lowest BCUT2D eigenvalue weighted by molar-refractivity contribution is 0.0566. The number of hydrogen-bond acceptors (Lipinski definition) is 3. The molecule has 100 valence electrons. The molecule has 1 aliphatic carbocycles. The van der Waals surface area contributed by atoms with Crippen LogP contribution in [0.3, 0.4) is 0 Å². The van der Waals surface area contributed by atoms with Crippen LogP contribution in [0.2, 0.25) is 0 Å². The number of rotatable bonds is 5. The second-order valence-electron chi connectivity index (χ2n) is 5.99. The Balaban J connectivity index is 1.68. The van der Waals surface area contributed by atoms with Gasteiger partial charge in [-0.05, 0) is 37.6 Å². The smallest absolute Gasteiger partial charge is 0.0669 e. The maximum atomic E-state index is 10.1. The number of aliphatic hydroxyl groups is 2. The fourth-order valence-corrected chi connectivity index (χ4v) is 3.47. The van der Waals surface area contributed by atoms with Gasteiger partial charge in [0.2, 0.25) is 0 Å². The minimum atomic E-state index is -0.157. The molecule has 0 aromatic carbocycles. The first kappa shape index (κ1) is 13.3. The third-order valence-corrected chi connectivity index (χ3v) is 4.41. The summed E-state index contributed by atoms with van der Waals surface area (Å²) in [6.45, 7) is 3.18. The molecule has 2 atom stereocenters. The van der Waals surface area contributed by atoms with E-state index in [-0.39, 0.29) is 6.10 Å². The minimum absolute atomic E-state index is 0.157. The van der Waals surface area contributed by atoms with E-state index in [2.05, 4.69) is 4.90 Å². The van der Waals surface area contributed by atoms with Crippen molar-refractivity contribution in [2.75, 3.05) is 26.2 Å². The largest absolute Gasteiger partial charge is 0.396 e. The summed E-state index contributed by atoms with van der Waals surface area (Å²) in [5.74, 6) is 1.20. The van der Waals surface area contributed by atoms with Crippen molar-refractivity contribution in [1.82, 2.24) is 4.90 Å². The molecule has 1 heterocycles. The molecule has 1 saturated carbocycles. The Labute approximate surface area is 105 Å². The molecule has 2 fully saturated rings. The zero-order valence-electron chi connectivity index (χ0n) is 10.9. The molecule has 2 N–H and O–H groups in total. The monoisotopic (exact) mass is 241 g/mol. The molecule has 0 amide bonds. The molecule has 2 unspecified atom stereocenters. The Kier molecular flexibility index (Phi) is 5.26. The number of aliphatic hydroxyl groups excluding tert-OH is 2. The summed E-state index contributed by atoms with van der Waals surface area (Å²) in [6.07, 6.45) is 8.48. The topological polar surface area (TPSA) is 43.7 Å². The van der Waals surface area contributed by atoms with Gasteiger partial charge in [0.25, 0.3) is 0 Å². The molecule has 0 aromatic rings. The molecular formula is C14H27NO2. The highest BCUT2D eigenvalue weighted by Gasteiger charge is 2.23.